The Morgan fingerprint density at radius 3 is 2.46 bits per heavy atom. The zero-order valence-electron chi connectivity index (χ0n) is 15.8. The molecular weight excluding hydrogens is 400 g/mol. The van der Waals surface area contributed by atoms with Crippen LogP contribution in [0.15, 0.2) is 53.4 Å². The summed E-state index contributed by atoms with van der Waals surface area (Å²) in [6, 6.07) is 13.2. The van der Waals surface area contributed by atoms with Gasteiger partial charge in [-0.1, -0.05) is 30.3 Å². The van der Waals surface area contributed by atoms with Gasteiger partial charge in [0.15, 0.2) is 0 Å². The summed E-state index contributed by atoms with van der Waals surface area (Å²) in [5, 5.41) is 0. The second-order valence-corrected chi connectivity index (χ2v) is 10.4. The molecule has 0 aliphatic carbocycles. The number of anilines is 1. The summed E-state index contributed by atoms with van der Waals surface area (Å²) in [6.07, 6.45) is 1.34. The van der Waals surface area contributed by atoms with Crippen LogP contribution >= 0.6 is 0 Å². The van der Waals surface area contributed by atoms with E-state index in [0.717, 1.165) is 12.0 Å². The molecule has 0 bridgehead atoms. The van der Waals surface area contributed by atoms with Crippen LogP contribution in [0.3, 0.4) is 0 Å². The minimum atomic E-state index is -3.95. The molecule has 0 spiro atoms. The molecule has 0 amide bonds. The van der Waals surface area contributed by atoms with Crippen molar-refractivity contribution in [1.29, 1.82) is 0 Å². The van der Waals surface area contributed by atoms with Crippen LogP contribution < -0.4 is 13.8 Å². The lowest BCUT2D eigenvalue weighted by atomic mass is 10.1. The van der Waals surface area contributed by atoms with Gasteiger partial charge in [-0.2, -0.15) is 0 Å². The Balaban J connectivity index is 1.97. The van der Waals surface area contributed by atoms with E-state index in [1.165, 1.54) is 23.5 Å². The highest BCUT2D eigenvalue weighted by molar-refractivity contribution is 7.92. The van der Waals surface area contributed by atoms with Gasteiger partial charge in [0, 0.05) is 12.6 Å². The lowest BCUT2D eigenvalue weighted by Crippen LogP contribution is -2.38. The first-order valence-electron chi connectivity index (χ1n) is 9.00. The van der Waals surface area contributed by atoms with Gasteiger partial charge in [-0.05, 0) is 43.5 Å². The third kappa shape index (κ3) is 4.31. The van der Waals surface area contributed by atoms with E-state index in [1.807, 2.05) is 30.3 Å². The molecule has 0 radical (unpaired) electrons. The maximum atomic E-state index is 13.0. The lowest BCUT2D eigenvalue weighted by molar-refractivity contribution is 0.402. The van der Waals surface area contributed by atoms with Crippen molar-refractivity contribution in [3.05, 3.63) is 54.1 Å². The van der Waals surface area contributed by atoms with Crippen LogP contribution in [0.4, 0.5) is 5.69 Å². The van der Waals surface area contributed by atoms with E-state index in [1.54, 1.807) is 13.0 Å². The fourth-order valence-corrected chi connectivity index (χ4v) is 6.27. The molecule has 2 aromatic carbocycles. The molecule has 1 fully saturated rings. The minimum absolute atomic E-state index is 0.0599. The number of sulfonamides is 2. The molecule has 1 aliphatic heterocycles. The van der Waals surface area contributed by atoms with Crippen molar-refractivity contribution in [2.45, 2.75) is 30.7 Å². The molecule has 1 aliphatic rings. The van der Waals surface area contributed by atoms with Crippen LogP contribution in [0.5, 0.6) is 5.75 Å². The summed E-state index contributed by atoms with van der Waals surface area (Å²) in [4.78, 5) is -0.0870. The molecule has 7 nitrogen and oxygen atoms in total. The molecular formula is C19H24N2O5S2. The summed E-state index contributed by atoms with van der Waals surface area (Å²) < 4.78 is 60.0. The van der Waals surface area contributed by atoms with Gasteiger partial charge in [0.25, 0.3) is 0 Å². The molecule has 28 heavy (non-hydrogen) atoms. The number of hydrogen-bond acceptors (Lipinski definition) is 5. The van der Waals surface area contributed by atoms with Gasteiger partial charge in [0.05, 0.1) is 18.6 Å². The molecule has 152 valence electrons. The molecule has 1 unspecified atom stereocenters. The molecule has 0 aromatic heterocycles. The van der Waals surface area contributed by atoms with E-state index < -0.39 is 26.1 Å². The number of ether oxygens (including phenoxy) is 1. The Labute approximate surface area is 166 Å². The van der Waals surface area contributed by atoms with Crippen molar-refractivity contribution in [2.75, 3.05) is 23.7 Å². The first-order valence-corrected chi connectivity index (χ1v) is 12.1. The maximum absolute atomic E-state index is 13.0. The van der Waals surface area contributed by atoms with E-state index in [0.29, 0.717) is 18.7 Å². The molecule has 9 heteroatoms. The minimum Gasteiger partial charge on any atom is -0.495 e. The highest BCUT2D eigenvalue weighted by atomic mass is 32.2. The van der Waals surface area contributed by atoms with Crippen molar-refractivity contribution < 1.29 is 21.6 Å². The highest BCUT2D eigenvalue weighted by Crippen LogP contribution is 2.32. The van der Waals surface area contributed by atoms with Gasteiger partial charge in [-0.3, -0.25) is 4.31 Å². The predicted octanol–water partition coefficient (Wildman–Crippen LogP) is 2.66. The molecule has 1 N–H and O–H groups in total. The molecule has 1 saturated heterocycles. The Kier molecular flexibility index (Phi) is 5.97. The highest BCUT2D eigenvalue weighted by Gasteiger charge is 2.29. The van der Waals surface area contributed by atoms with Crippen LogP contribution in [0, 0.1) is 0 Å². The zero-order chi connectivity index (χ0) is 20.4. The first kappa shape index (κ1) is 20.6. The second-order valence-electron chi connectivity index (χ2n) is 6.68. The largest absolute Gasteiger partial charge is 0.495 e. The van der Waals surface area contributed by atoms with Gasteiger partial charge in [-0.25, -0.2) is 21.6 Å². The van der Waals surface area contributed by atoms with Gasteiger partial charge in [-0.15, -0.1) is 0 Å². The average molecular weight is 425 g/mol. The Bertz CT molecular complexity index is 1040. The molecule has 1 heterocycles. The van der Waals surface area contributed by atoms with Crippen LogP contribution in [-0.2, 0) is 20.0 Å². The number of nitrogens with zero attached hydrogens (tertiary/aromatic N) is 1. The van der Waals surface area contributed by atoms with E-state index in [2.05, 4.69) is 4.72 Å². The molecule has 3 rings (SSSR count). The van der Waals surface area contributed by atoms with Gasteiger partial charge >= 0.3 is 0 Å². The standard InChI is InChI=1S/C19H24N2O5S2/c1-15(16-8-4-3-5-9-16)20-28(24,25)19-14-17(10-11-18(19)26-2)21-12-6-7-13-27(21,22)23/h3-5,8-11,14-15,20H,6-7,12-13H2,1-2H3. The molecule has 2 aromatic rings. The van der Waals surface area contributed by atoms with Crippen molar-refractivity contribution >= 4 is 25.7 Å². The van der Waals surface area contributed by atoms with Crippen molar-refractivity contribution in [1.82, 2.24) is 4.72 Å². The van der Waals surface area contributed by atoms with Gasteiger partial charge < -0.3 is 4.74 Å². The number of hydrogen-bond donors (Lipinski definition) is 1. The molecule has 0 saturated carbocycles. The Hall–Kier alpha value is -2.10. The van der Waals surface area contributed by atoms with E-state index >= 15 is 0 Å². The fourth-order valence-electron chi connectivity index (χ4n) is 3.22. The Morgan fingerprint density at radius 1 is 1.11 bits per heavy atom. The van der Waals surface area contributed by atoms with Crippen molar-refractivity contribution in [3.63, 3.8) is 0 Å². The van der Waals surface area contributed by atoms with Crippen LogP contribution in [0.2, 0.25) is 0 Å². The summed E-state index contributed by atoms with van der Waals surface area (Å²) in [5.41, 5.74) is 1.15. The average Bonchev–Trinajstić information content (AvgIpc) is 2.67. The summed E-state index contributed by atoms with van der Waals surface area (Å²) in [7, 11) is -6.01. The number of nitrogens with one attached hydrogen (secondary N) is 1. The number of benzene rings is 2. The third-order valence-corrected chi connectivity index (χ3v) is 8.14. The SMILES string of the molecule is COc1ccc(N2CCCCS2(=O)=O)cc1S(=O)(=O)NC(C)c1ccccc1. The second kappa shape index (κ2) is 8.10. The van der Waals surface area contributed by atoms with E-state index in [4.69, 9.17) is 4.74 Å². The summed E-state index contributed by atoms with van der Waals surface area (Å²) >= 11 is 0. The van der Waals surface area contributed by atoms with Crippen LogP contribution in [0.1, 0.15) is 31.4 Å². The number of methoxy groups -OCH3 is 1. The lowest BCUT2D eigenvalue weighted by Gasteiger charge is -2.29. The predicted molar refractivity (Wildman–Crippen MR) is 109 cm³/mol. The maximum Gasteiger partial charge on any atom is 0.244 e. The monoisotopic (exact) mass is 424 g/mol. The van der Waals surface area contributed by atoms with E-state index in [9.17, 15) is 16.8 Å². The van der Waals surface area contributed by atoms with Crippen LogP contribution in [0.25, 0.3) is 0 Å². The zero-order valence-corrected chi connectivity index (χ0v) is 17.5. The van der Waals surface area contributed by atoms with Crippen molar-refractivity contribution in [2.24, 2.45) is 0 Å². The number of rotatable bonds is 6. The quantitative estimate of drug-likeness (QED) is 0.770. The van der Waals surface area contributed by atoms with E-state index in [-0.39, 0.29) is 16.4 Å². The summed E-state index contributed by atoms with van der Waals surface area (Å²) in [6.45, 7) is 2.08. The normalized spacial score (nSPS) is 17.9. The van der Waals surface area contributed by atoms with Gasteiger partial charge in [0.2, 0.25) is 20.0 Å². The fraction of sp³-hybridized carbons (Fsp3) is 0.368. The van der Waals surface area contributed by atoms with Gasteiger partial charge in [0.1, 0.15) is 10.6 Å². The third-order valence-electron chi connectivity index (χ3n) is 4.71. The summed E-state index contributed by atoms with van der Waals surface area (Å²) in [5.74, 6) is 0.218. The smallest absolute Gasteiger partial charge is 0.244 e. The van der Waals surface area contributed by atoms with Crippen LogP contribution in [-0.4, -0.2) is 36.2 Å². The topological polar surface area (TPSA) is 92.8 Å². The molecule has 1 atom stereocenters. The van der Waals surface area contributed by atoms with Crippen molar-refractivity contribution in [3.8, 4) is 5.75 Å². The Morgan fingerprint density at radius 2 is 1.82 bits per heavy atom. The first-order chi connectivity index (χ1) is 13.2.